The van der Waals surface area contributed by atoms with E-state index >= 15 is 0 Å². The molecule has 0 aromatic heterocycles. The largest absolute Gasteiger partial charge is 0.335 e. The molecule has 1 aliphatic rings. The first-order valence-corrected chi connectivity index (χ1v) is 6.66. The molecule has 2 atom stereocenters. The Kier molecular flexibility index (Phi) is 5.40. The molecule has 0 saturated heterocycles. The van der Waals surface area contributed by atoms with Gasteiger partial charge in [0.05, 0.1) is 6.54 Å². The third kappa shape index (κ3) is 3.42. The van der Waals surface area contributed by atoms with Crippen LogP contribution in [-0.4, -0.2) is 54.5 Å². The lowest BCUT2D eigenvalue weighted by atomic mass is 9.87. The second kappa shape index (κ2) is 6.36. The number of amides is 1. The summed E-state index contributed by atoms with van der Waals surface area (Å²) in [6, 6.07) is 1.04. The van der Waals surface area contributed by atoms with E-state index in [4.69, 9.17) is 5.73 Å². The van der Waals surface area contributed by atoms with E-state index < -0.39 is 0 Å². The minimum Gasteiger partial charge on any atom is -0.335 e. The minimum absolute atomic E-state index is 0.0822. The van der Waals surface area contributed by atoms with Crippen LogP contribution in [0, 0.1) is 0 Å². The Bertz CT molecular complexity index is 253. The van der Waals surface area contributed by atoms with Crippen LogP contribution in [0.3, 0.4) is 0 Å². The van der Waals surface area contributed by atoms with E-state index in [2.05, 4.69) is 32.8 Å². The molecule has 0 spiro atoms. The molecule has 0 unspecified atom stereocenters. The summed E-state index contributed by atoms with van der Waals surface area (Å²) >= 11 is 0. The Morgan fingerprint density at radius 1 is 1.24 bits per heavy atom. The van der Waals surface area contributed by atoms with Crippen LogP contribution < -0.4 is 5.73 Å². The molecule has 1 rings (SSSR count). The molecule has 1 aliphatic carbocycles. The predicted octanol–water partition coefficient (Wildman–Crippen LogP) is 1.05. The summed E-state index contributed by atoms with van der Waals surface area (Å²) in [6.07, 6.45) is 4.77. The first-order chi connectivity index (χ1) is 7.99. The zero-order valence-corrected chi connectivity index (χ0v) is 11.6. The van der Waals surface area contributed by atoms with Gasteiger partial charge < -0.3 is 15.5 Å². The molecule has 1 fully saturated rings. The fourth-order valence-corrected chi connectivity index (χ4v) is 2.98. The molecule has 0 aromatic carbocycles. The number of hydrogen-bond acceptors (Lipinski definition) is 3. The number of carbonyl (C=O) groups excluding carboxylic acids is 1. The summed E-state index contributed by atoms with van der Waals surface area (Å²) in [6.45, 7) is 4.28. The van der Waals surface area contributed by atoms with Crippen molar-refractivity contribution in [1.29, 1.82) is 0 Å². The first-order valence-electron chi connectivity index (χ1n) is 6.66. The molecule has 0 aliphatic heterocycles. The maximum absolute atomic E-state index is 12.0. The predicted molar refractivity (Wildman–Crippen MR) is 70.8 cm³/mol. The highest BCUT2D eigenvalue weighted by Crippen LogP contribution is 2.27. The van der Waals surface area contributed by atoms with E-state index in [-0.39, 0.29) is 18.5 Å². The molecule has 17 heavy (non-hydrogen) atoms. The third-order valence-corrected chi connectivity index (χ3v) is 3.73. The molecule has 2 N–H and O–H groups in total. The van der Waals surface area contributed by atoms with Crippen LogP contribution >= 0.6 is 0 Å². The van der Waals surface area contributed by atoms with Crippen LogP contribution in [0.1, 0.15) is 39.5 Å². The molecule has 4 heteroatoms. The van der Waals surface area contributed by atoms with Crippen LogP contribution in [0.5, 0.6) is 0 Å². The smallest absolute Gasteiger partial charge is 0.236 e. The average Bonchev–Trinajstić information content (AvgIpc) is 2.29. The van der Waals surface area contributed by atoms with Crippen LogP contribution in [0.15, 0.2) is 0 Å². The normalized spacial score (nSPS) is 25.4. The van der Waals surface area contributed by atoms with E-state index in [1.54, 1.807) is 0 Å². The average molecular weight is 241 g/mol. The molecule has 100 valence electrons. The molecule has 0 bridgehead atoms. The topological polar surface area (TPSA) is 49.6 Å². The molecule has 0 heterocycles. The van der Waals surface area contributed by atoms with Crippen molar-refractivity contribution in [3.63, 3.8) is 0 Å². The quantitative estimate of drug-likeness (QED) is 0.800. The lowest BCUT2D eigenvalue weighted by Crippen LogP contribution is -2.56. The Balaban J connectivity index is 2.86. The van der Waals surface area contributed by atoms with E-state index in [1.807, 2.05) is 4.90 Å². The standard InChI is InChI=1S/C13H27N3O/c1-10(2)16(13(17)9-14)12-8-6-5-7-11(12)15(3)4/h10-12H,5-9,14H2,1-4H3/t11-,12+/m1/s1. The number of hydrogen-bond donors (Lipinski definition) is 1. The van der Waals surface area contributed by atoms with Gasteiger partial charge in [-0.05, 0) is 40.8 Å². The molecule has 1 saturated carbocycles. The van der Waals surface area contributed by atoms with Crippen molar-refractivity contribution in [2.24, 2.45) is 5.73 Å². The second-order valence-corrected chi connectivity index (χ2v) is 5.48. The zero-order chi connectivity index (χ0) is 13.0. The van der Waals surface area contributed by atoms with Gasteiger partial charge in [0.1, 0.15) is 0 Å². The van der Waals surface area contributed by atoms with Gasteiger partial charge in [0.2, 0.25) is 5.91 Å². The van der Waals surface area contributed by atoms with E-state index in [0.717, 1.165) is 6.42 Å². The number of nitrogens with two attached hydrogens (primary N) is 1. The van der Waals surface area contributed by atoms with Gasteiger partial charge in [-0.2, -0.15) is 0 Å². The monoisotopic (exact) mass is 241 g/mol. The van der Waals surface area contributed by atoms with Crippen LogP contribution in [-0.2, 0) is 4.79 Å². The SMILES string of the molecule is CC(C)N(C(=O)CN)[C@H]1CCCC[C@H]1N(C)C. The van der Waals surface area contributed by atoms with E-state index in [9.17, 15) is 4.79 Å². The van der Waals surface area contributed by atoms with E-state index in [0.29, 0.717) is 12.1 Å². The van der Waals surface area contributed by atoms with E-state index in [1.165, 1.54) is 19.3 Å². The minimum atomic E-state index is 0.0822. The highest BCUT2D eigenvalue weighted by Gasteiger charge is 2.34. The molecule has 4 nitrogen and oxygen atoms in total. The summed E-state index contributed by atoms with van der Waals surface area (Å²) in [5.41, 5.74) is 5.53. The molecule has 0 radical (unpaired) electrons. The van der Waals surface area contributed by atoms with Crippen LogP contribution in [0.25, 0.3) is 0 Å². The van der Waals surface area contributed by atoms with Crippen molar-refractivity contribution >= 4 is 5.91 Å². The number of likely N-dealkylation sites (N-methyl/N-ethyl adjacent to an activating group) is 1. The Hall–Kier alpha value is -0.610. The maximum atomic E-state index is 12.0. The summed E-state index contributed by atoms with van der Waals surface area (Å²) in [5.74, 6) is 0.0822. The first kappa shape index (κ1) is 14.5. The van der Waals surface area contributed by atoms with Gasteiger partial charge in [-0.3, -0.25) is 4.79 Å². The van der Waals surface area contributed by atoms with Gasteiger partial charge in [-0.1, -0.05) is 12.8 Å². The summed E-state index contributed by atoms with van der Waals surface area (Å²) in [4.78, 5) is 16.3. The molecule has 1 amide bonds. The molecular formula is C13H27N3O. The van der Waals surface area contributed by atoms with Crippen LogP contribution in [0.2, 0.25) is 0 Å². The fourth-order valence-electron chi connectivity index (χ4n) is 2.98. The zero-order valence-electron chi connectivity index (χ0n) is 11.6. The van der Waals surface area contributed by atoms with Crippen molar-refractivity contribution in [3.05, 3.63) is 0 Å². The van der Waals surface area contributed by atoms with Crippen molar-refractivity contribution in [1.82, 2.24) is 9.80 Å². The second-order valence-electron chi connectivity index (χ2n) is 5.48. The third-order valence-electron chi connectivity index (χ3n) is 3.73. The highest BCUT2D eigenvalue weighted by molar-refractivity contribution is 5.78. The lowest BCUT2D eigenvalue weighted by Gasteiger charge is -2.44. The maximum Gasteiger partial charge on any atom is 0.236 e. The Morgan fingerprint density at radius 2 is 1.76 bits per heavy atom. The van der Waals surface area contributed by atoms with Gasteiger partial charge >= 0.3 is 0 Å². The number of nitrogens with zero attached hydrogens (tertiary/aromatic N) is 2. The van der Waals surface area contributed by atoms with Gasteiger partial charge in [-0.15, -0.1) is 0 Å². The Labute approximate surface area is 105 Å². The van der Waals surface area contributed by atoms with Gasteiger partial charge in [0.15, 0.2) is 0 Å². The summed E-state index contributed by atoms with van der Waals surface area (Å²) in [5, 5.41) is 0. The summed E-state index contributed by atoms with van der Waals surface area (Å²) < 4.78 is 0. The lowest BCUT2D eigenvalue weighted by molar-refractivity contribution is -0.136. The van der Waals surface area contributed by atoms with Gasteiger partial charge in [-0.25, -0.2) is 0 Å². The van der Waals surface area contributed by atoms with Crippen molar-refractivity contribution in [3.8, 4) is 0 Å². The number of carbonyl (C=O) groups is 1. The van der Waals surface area contributed by atoms with Crippen LogP contribution in [0.4, 0.5) is 0 Å². The van der Waals surface area contributed by atoms with Crippen molar-refractivity contribution in [2.45, 2.75) is 57.7 Å². The summed E-state index contributed by atoms with van der Waals surface area (Å²) in [7, 11) is 4.21. The highest BCUT2D eigenvalue weighted by atomic mass is 16.2. The van der Waals surface area contributed by atoms with Crippen molar-refractivity contribution < 1.29 is 4.79 Å². The Morgan fingerprint density at radius 3 is 2.18 bits per heavy atom. The van der Waals surface area contributed by atoms with Crippen molar-refractivity contribution in [2.75, 3.05) is 20.6 Å². The number of rotatable bonds is 4. The molecule has 0 aromatic rings. The molecular weight excluding hydrogens is 214 g/mol. The fraction of sp³-hybridized carbons (Fsp3) is 0.923. The van der Waals surface area contributed by atoms with Gasteiger partial charge in [0, 0.05) is 18.1 Å². The van der Waals surface area contributed by atoms with Gasteiger partial charge in [0.25, 0.3) is 0 Å².